The van der Waals surface area contributed by atoms with Crippen LogP contribution in [0.4, 0.5) is 5.69 Å². The van der Waals surface area contributed by atoms with Gasteiger partial charge in [-0.1, -0.05) is 29.8 Å². The number of halogens is 1. The maximum absolute atomic E-state index is 12.5. The fourth-order valence-electron chi connectivity index (χ4n) is 3.45. The van der Waals surface area contributed by atoms with E-state index in [9.17, 15) is 14.7 Å². The molecule has 0 heterocycles. The van der Waals surface area contributed by atoms with Crippen molar-refractivity contribution in [3.8, 4) is 0 Å². The van der Waals surface area contributed by atoms with Crippen LogP contribution in [0.15, 0.2) is 30.4 Å². The summed E-state index contributed by atoms with van der Waals surface area (Å²) in [7, 11) is 0. The Hall–Kier alpha value is -1.81. The molecule has 1 aromatic carbocycles. The Morgan fingerprint density at radius 2 is 1.90 bits per heavy atom. The number of carboxylic acid groups (broad SMARTS) is 1. The van der Waals surface area contributed by atoms with Gasteiger partial charge in [0.2, 0.25) is 5.91 Å². The number of benzene rings is 1. The number of nitrogens with one attached hydrogen (secondary N) is 1. The van der Waals surface area contributed by atoms with Crippen molar-refractivity contribution in [1.29, 1.82) is 0 Å². The molecule has 4 atom stereocenters. The monoisotopic (exact) mass is 304 g/mol. The molecule has 1 aromatic rings. The molecule has 0 aliphatic heterocycles. The largest absolute Gasteiger partial charge is 0.550 e. The van der Waals surface area contributed by atoms with Crippen LogP contribution in [0, 0.1) is 30.6 Å². The first-order valence-corrected chi connectivity index (χ1v) is 7.31. The highest BCUT2D eigenvalue weighted by Gasteiger charge is 2.48. The number of rotatable bonds is 3. The molecule has 0 spiro atoms. The fraction of sp³-hybridized carbons (Fsp3) is 0.375. The fourth-order valence-corrected chi connectivity index (χ4v) is 3.62. The second kappa shape index (κ2) is 5.19. The van der Waals surface area contributed by atoms with Gasteiger partial charge in [0.05, 0.1) is 5.92 Å². The average molecular weight is 305 g/mol. The van der Waals surface area contributed by atoms with Crippen LogP contribution < -0.4 is 10.4 Å². The molecule has 1 N–H and O–H groups in total. The molecule has 0 saturated heterocycles. The number of fused-ring (bicyclic) bond motifs is 2. The highest BCUT2D eigenvalue weighted by Crippen LogP contribution is 2.48. The molecule has 21 heavy (non-hydrogen) atoms. The molecule has 0 unspecified atom stereocenters. The molecule has 0 aromatic heterocycles. The summed E-state index contributed by atoms with van der Waals surface area (Å²) in [5.41, 5.74) is 1.51. The van der Waals surface area contributed by atoms with E-state index in [4.69, 9.17) is 11.6 Å². The normalized spacial score (nSPS) is 29.6. The van der Waals surface area contributed by atoms with E-state index in [0.717, 1.165) is 5.56 Å². The number of allylic oxidation sites excluding steroid dienone is 2. The Bertz CT molecular complexity index is 640. The second-order valence-electron chi connectivity index (χ2n) is 5.77. The van der Waals surface area contributed by atoms with Gasteiger partial charge in [0.15, 0.2) is 0 Å². The first kappa shape index (κ1) is 14.1. The number of hydrogen-bond acceptors (Lipinski definition) is 3. The zero-order valence-corrected chi connectivity index (χ0v) is 12.3. The molecule has 1 fully saturated rings. The number of aliphatic carboxylic acids is 1. The van der Waals surface area contributed by atoms with E-state index < -0.39 is 17.8 Å². The second-order valence-corrected chi connectivity index (χ2v) is 6.20. The summed E-state index contributed by atoms with van der Waals surface area (Å²) in [5.74, 6) is -2.82. The van der Waals surface area contributed by atoms with E-state index in [0.29, 0.717) is 17.1 Å². The van der Waals surface area contributed by atoms with Gasteiger partial charge in [-0.3, -0.25) is 4.79 Å². The van der Waals surface area contributed by atoms with Gasteiger partial charge in [0.1, 0.15) is 0 Å². The van der Waals surface area contributed by atoms with Crippen LogP contribution >= 0.6 is 11.6 Å². The van der Waals surface area contributed by atoms with Crippen molar-refractivity contribution >= 4 is 29.2 Å². The molecule has 5 heteroatoms. The summed E-state index contributed by atoms with van der Waals surface area (Å²) in [6.07, 6.45) is 4.55. The molecule has 0 radical (unpaired) electrons. The van der Waals surface area contributed by atoms with Crippen molar-refractivity contribution in [2.24, 2.45) is 23.7 Å². The van der Waals surface area contributed by atoms with E-state index >= 15 is 0 Å². The SMILES string of the molecule is Cc1ccc(Cl)cc1NC(=O)[C@H]1[C@@H](C(=O)[O-])[C@H]2C=C[C@H]1C2. The summed E-state index contributed by atoms with van der Waals surface area (Å²) in [4.78, 5) is 23.8. The lowest BCUT2D eigenvalue weighted by Gasteiger charge is -2.28. The number of anilines is 1. The topological polar surface area (TPSA) is 69.2 Å². The summed E-state index contributed by atoms with van der Waals surface area (Å²) in [6.45, 7) is 1.86. The minimum atomic E-state index is -1.14. The van der Waals surface area contributed by atoms with Crippen LogP contribution in [-0.2, 0) is 9.59 Å². The highest BCUT2D eigenvalue weighted by molar-refractivity contribution is 6.31. The number of amides is 1. The number of carbonyl (C=O) groups excluding carboxylic acids is 2. The van der Waals surface area contributed by atoms with Gasteiger partial charge >= 0.3 is 0 Å². The van der Waals surface area contributed by atoms with Crippen LogP contribution in [0.25, 0.3) is 0 Å². The van der Waals surface area contributed by atoms with Crippen LogP contribution in [0.2, 0.25) is 5.02 Å². The van der Waals surface area contributed by atoms with Crippen molar-refractivity contribution in [3.63, 3.8) is 0 Å². The van der Waals surface area contributed by atoms with Gasteiger partial charge < -0.3 is 15.2 Å². The average Bonchev–Trinajstić information content (AvgIpc) is 3.03. The van der Waals surface area contributed by atoms with Gasteiger partial charge in [0, 0.05) is 22.6 Å². The zero-order valence-electron chi connectivity index (χ0n) is 11.5. The predicted octanol–water partition coefficient (Wildman–Crippen LogP) is 1.78. The Balaban J connectivity index is 1.83. The molecule has 2 aliphatic rings. The summed E-state index contributed by atoms with van der Waals surface area (Å²) in [5, 5.41) is 14.7. The summed E-state index contributed by atoms with van der Waals surface area (Å²) in [6, 6.07) is 5.23. The molecule has 110 valence electrons. The summed E-state index contributed by atoms with van der Waals surface area (Å²) >= 11 is 5.94. The van der Waals surface area contributed by atoms with Gasteiger partial charge in [-0.25, -0.2) is 0 Å². The van der Waals surface area contributed by atoms with Crippen LogP contribution in [0.5, 0.6) is 0 Å². The first-order chi connectivity index (χ1) is 9.97. The Kier molecular flexibility index (Phi) is 3.49. The van der Waals surface area contributed by atoms with E-state index in [1.807, 2.05) is 25.1 Å². The van der Waals surface area contributed by atoms with Crippen molar-refractivity contribution in [3.05, 3.63) is 40.9 Å². The minimum absolute atomic E-state index is 0.0163. The van der Waals surface area contributed by atoms with Crippen molar-refractivity contribution in [2.75, 3.05) is 5.32 Å². The molecule has 1 saturated carbocycles. The lowest BCUT2D eigenvalue weighted by atomic mass is 9.82. The van der Waals surface area contributed by atoms with Crippen LogP contribution in [0.1, 0.15) is 12.0 Å². The predicted molar refractivity (Wildman–Crippen MR) is 77.5 cm³/mol. The standard InChI is InChI=1S/C16H16ClNO3/c1-8-2-5-11(17)7-12(8)18-15(19)13-9-3-4-10(6-9)14(13)16(20)21/h2-5,7,9-10,13-14H,6H2,1H3,(H,18,19)(H,20,21)/p-1/t9-,10-,13+,14-/m0/s1. The molecule has 3 rings (SSSR count). The quantitative estimate of drug-likeness (QED) is 0.865. The Morgan fingerprint density at radius 1 is 1.24 bits per heavy atom. The van der Waals surface area contributed by atoms with Crippen molar-refractivity contribution in [1.82, 2.24) is 0 Å². The van der Waals surface area contributed by atoms with Gasteiger partial charge in [-0.05, 0) is 42.9 Å². The lowest BCUT2D eigenvalue weighted by Crippen LogP contribution is -2.42. The highest BCUT2D eigenvalue weighted by atomic mass is 35.5. The number of carboxylic acids is 1. The Morgan fingerprint density at radius 3 is 2.57 bits per heavy atom. The number of aryl methyl sites for hydroxylation is 1. The van der Waals surface area contributed by atoms with Gasteiger partial charge in [-0.15, -0.1) is 0 Å². The third-order valence-electron chi connectivity index (χ3n) is 4.49. The van der Waals surface area contributed by atoms with Crippen LogP contribution in [0.3, 0.4) is 0 Å². The van der Waals surface area contributed by atoms with Crippen molar-refractivity contribution in [2.45, 2.75) is 13.3 Å². The van der Waals surface area contributed by atoms with Gasteiger partial charge in [0.25, 0.3) is 0 Å². The van der Waals surface area contributed by atoms with Crippen molar-refractivity contribution < 1.29 is 14.7 Å². The number of hydrogen-bond donors (Lipinski definition) is 1. The van der Waals surface area contributed by atoms with Crippen LogP contribution in [-0.4, -0.2) is 11.9 Å². The van der Waals surface area contributed by atoms with Gasteiger partial charge in [-0.2, -0.15) is 0 Å². The minimum Gasteiger partial charge on any atom is -0.550 e. The first-order valence-electron chi connectivity index (χ1n) is 6.93. The maximum atomic E-state index is 12.5. The smallest absolute Gasteiger partial charge is 0.228 e. The van der Waals surface area contributed by atoms with E-state index in [2.05, 4.69) is 5.32 Å². The maximum Gasteiger partial charge on any atom is 0.228 e. The lowest BCUT2D eigenvalue weighted by molar-refractivity contribution is -0.313. The summed E-state index contributed by atoms with van der Waals surface area (Å²) < 4.78 is 0. The van der Waals surface area contributed by atoms with E-state index in [1.165, 1.54) is 0 Å². The Labute approximate surface area is 127 Å². The number of carbonyl (C=O) groups is 2. The van der Waals surface area contributed by atoms with E-state index in [1.54, 1.807) is 12.1 Å². The molecule has 2 bridgehead atoms. The molecular formula is C16H15ClNO3-. The molecule has 4 nitrogen and oxygen atoms in total. The zero-order chi connectivity index (χ0) is 15.1. The van der Waals surface area contributed by atoms with E-state index in [-0.39, 0.29) is 17.7 Å². The molecule has 1 amide bonds. The third kappa shape index (κ3) is 2.44. The molecule has 2 aliphatic carbocycles. The molecular weight excluding hydrogens is 290 g/mol. The third-order valence-corrected chi connectivity index (χ3v) is 4.73.